The van der Waals surface area contributed by atoms with Crippen molar-refractivity contribution in [2.24, 2.45) is 20.7 Å². The standard InChI is InChI=1S/C19H18BrFN4O3.C2H6/c1-11(20)4-5-14(12(2)21)25-19(24-10-22)15-9-28-17-7-18(27-3)16(26)6-13(17)8-23-15;1-2/h4-10,26H,1H2,2-3H3,(H2,22,24,25);1-2H3/b5-4-,14-12-;. The zero-order chi connectivity index (χ0) is 22.7. The minimum Gasteiger partial charge on any atom is -0.504 e. The van der Waals surface area contributed by atoms with Crippen LogP contribution in [0.4, 0.5) is 4.39 Å². The lowest BCUT2D eigenvalue weighted by atomic mass is 10.2. The van der Waals surface area contributed by atoms with Gasteiger partial charge in [-0.2, -0.15) is 0 Å². The molecule has 0 saturated heterocycles. The molecule has 7 nitrogen and oxygen atoms in total. The molecule has 0 aromatic heterocycles. The molecular weight excluding hydrogens is 455 g/mol. The molecule has 1 aromatic rings. The van der Waals surface area contributed by atoms with E-state index in [4.69, 9.17) is 15.2 Å². The smallest absolute Gasteiger partial charge is 0.183 e. The summed E-state index contributed by atoms with van der Waals surface area (Å²) in [4.78, 5) is 12.4. The second-order valence-electron chi connectivity index (χ2n) is 5.35. The molecular formula is C21H24BrFN4O3. The monoisotopic (exact) mass is 478 g/mol. The third-order valence-electron chi connectivity index (χ3n) is 3.38. The van der Waals surface area contributed by atoms with Gasteiger partial charge in [0.2, 0.25) is 0 Å². The number of halogens is 2. The van der Waals surface area contributed by atoms with Gasteiger partial charge in [0, 0.05) is 22.3 Å². The normalized spacial score (nSPS) is 14.2. The van der Waals surface area contributed by atoms with Crippen LogP contribution in [-0.4, -0.2) is 30.6 Å². The zero-order valence-electron chi connectivity index (χ0n) is 17.2. The van der Waals surface area contributed by atoms with Crippen LogP contribution in [0.5, 0.6) is 17.2 Å². The van der Waals surface area contributed by atoms with E-state index >= 15 is 0 Å². The highest BCUT2D eigenvalue weighted by Crippen LogP contribution is 2.34. The first-order valence-electron chi connectivity index (χ1n) is 8.89. The number of phenols is 1. The minimum absolute atomic E-state index is 0.0124. The number of nitrogens with zero attached hydrogens (tertiary/aromatic N) is 3. The Kier molecular flexibility index (Phi) is 10.3. The minimum atomic E-state index is -0.535. The highest BCUT2D eigenvalue weighted by Gasteiger charge is 2.15. The van der Waals surface area contributed by atoms with Gasteiger partial charge < -0.3 is 20.3 Å². The number of aromatic hydroxyl groups is 1. The van der Waals surface area contributed by atoms with Gasteiger partial charge in [-0.15, -0.1) is 0 Å². The van der Waals surface area contributed by atoms with Crippen molar-refractivity contribution in [1.29, 1.82) is 0 Å². The molecule has 0 radical (unpaired) electrons. The van der Waals surface area contributed by atoms with Crippen molar-refractivity contribution in [3.05, 3.63) is 64.4 Å². The summed E-state index contributed by atoms with van der Waals surface area (Å²) in [6.45, 7) is 8.91. The molecule has 30 heavy (non-hydrogen) atoms. The average Bonchev–Trinajstić information content (AvgIpc) is 2.92. The Hall–Kier alpha value is -3.20. The van der Waals surface area contributed by atoms with E-state index in [1.807, 2.05) is 13.8 Å². The number of aliphatic imine (C=N–C) groups is 3. The molecule has 1 aromatic carbocycles. The molecule has 9 heteroatoms. The van der Waals surface area contributed by atoms with E-state index < -0.39 is 5.83 Å². The lowest BCUT2D eigenvalue weighted by Crippen LogP contribution is -2.03. The number of nitrogens with two attached hydrogens (primary N) is 1. The van der Waals surface area contributed by atoms with E-state index in [-0.39, 0.29) is 28.7 Å². The molecule has 0 fully saturated rings. The number of methoxy groups -OCH3 is 1. The molecule has 0 saturated carbocycles. The highest BCUT2D eigenvalue weighted by atomic mass is 79.9. The Morgan fingerprint density at radius 2 is 2.07 bits per heavy atom. The first kappa shape index (κ1) is 24.8. The fourth-order valence-electron chi connectivity index (χ4n) is 2.07. The number of hydrogen-bond acceptors (Lipinski definition) is 5. The van der Waals surface area contributed by atoms with Gasteiger partial charge in [-0.05, 0) is 25.1 Å². The SMILES string of the molecule is C=C(Br)/C=C\C(N=C(N=CN)C1=COc2cc(OC)c(O)cc2C=N1)=C(/C)F.CC. The fraction of sp³-hybridized carbons (Fsp3) is 0.190. The second-order valence-corrected chi connectivity index (χ2v) is 6.37. The summed E-state index contributed by atoms with van der Waals surface area (Å²) in [5, 5.41) is 9.91. The Labute approximate surface area is 183 Å². The lowest BCUT2D eigenvalue weighted by Gasteiger charge is -2.08. The van der Waals surface area contributed by atoms with Gasteiger partial charge >= 0.3 is 0 Å². The largest absolute Gasteiger partial charge is 0.504 e. The average molecular weight is 479 g/mol. The molecule has 160 valence electrons. The Morgan fingerprint density at radius 3 is 2.63 bits per heavy atom. The number of fused-ring (bicyclic) bond motifs is 1. The number of ether oxygens (including phenoxy) is 2. The van der Waals surface area contributed by atoms with Crippen molar-refractivity contribution in [2.75, 3.05) is 7.11 Å². The Balaban J connectivity index is 0.00000218. The quantitative estimate of drug-likeness (QED) is 0.347. The van der Waals surface area contributed by atoms with Crippen LogP contribution in [0.15, 0.2) is 73.8 Å². The van der Waals surface area contributed by atoms with Gasteiger partial charge in [0.1, 0.15) is 23.5 Å². The summed E-state index contributed by atoms with van der Waals surface area (Å²) in [5.74, 6) is 0.0760. The number of phenolic OH excluding ortho intramolecular Hbond substituents is 1. The van der Waals surface area contributed by atoms with Gasteiger partial charge in [-0.25, -0.2) is 19.4 Å². The number of rotatable bonds is 5. The molecule has 0 unspecified atom stereocenters. The number of allylic oxidation sites excluding steroid dienone is 4. The summed E-state index contributed by atoms with van der Waals surface area (Å²) in [6.07, 6.45) is 6.73. The molecule has 0 aliphatic carbocycles. The summed E-state index contributed by atoms with van der Waals surface area (Å²) in [7, 11) is 1.43. The van der Waals surface area contributed by atoms with E-state index in [9.17, 15) is 9.50 Å². The summed E-state index contributed by atoms with van der Waals surface area (Å²) < 4.78 is 25.1. The van der Waals surface area contributed by atoms with Crippen molar-refractivity contribution in [2.45, 2.75) is 20.8 Å². The van der Waals surface area contributed by atoms with Crippen molar-refractivity contribution < 1.29 is 19.0 Å². The molecule has 1 aliphatic rings. The maximum absolute atomic E-state index is 13.9. The zero-order valence-corrected chi connectivity index (χ0v) is 18.8. The highest BCUT2D eigenvalue weighted by molar-refractivity contribution is 9.11. The van der Waals surface area contributed by atoms with Crippen LogP contribution >= 0.6 is 15.9 Å². The van der Waals surface area contributed by atoms with Crippen LogP contribution in [0.2, 0.25) is 0 Å². The van der Waals surface area contributed by atoms with Gasteiger partial charge in [0.15, 0.2) is 17.3 Å². The molecule has 1 heterocycles. The third kappa shape index (κ3) is 7.00. The summed E-state index contributed by atoms with van der Waals surface area (Å²) in [6, 6.07) is 2.96. The van der Waals surface area contributed by atoms with E-state index in [1.165, 1.54) is 50.8 Å². The molecule has 0 bridgehead atoms. The van der Waals surface area contributed by atoms with Crippen LogP contribution in [0.3, 0.4) is 0 Å². The predicted octanol–water partition coefficient (Wildman–Crippen LogP) is 5.13. The van der Waals surface area contributed by atoms with Gasteiger partial charge in [-0.1, -0.05) is 36.4 Å². The van der Waals surface area contributed by atoms with Crippen LogP contribution in [0, 0.1) is 0 Å². The molecule has 0 amide bonds. The van der Waals surface area contributed by atoms with E-state index in [2.05, 4.69) is 37.5 Å². The summed E-state index contributed by atoms with van der Waals surface area (Å²) >= 11 is 3.16. The van der Waals surface area contributed by atoms with E-state index in [1.54, 1.807) is 0 Å². The van der Waals surface area contributed by atoms with Gasteiger partial charge in [-0.3, -0.25) is 0 Å². The first-order chi connectivity index (χ1) is 14.3. The Bertz CT molecular complexity index is 959. The van der Waals surface area contributed by atoms with E-state index in [0.29, 0.717) is 15.8 Å². The lowest BCUT2D eigenvalue weighted by molar-refractivity contribution is 0.369. The van der Waals surface area contributed by atoms with Crippen LogP contribution in [-0.2, 0) is 0 Å². The Morgan fingerprint density at radius 1 is 1.37 bits per heavy atom. The number of hydrogen-bond donors (Lipinski definition) is 2. The number of benzene rings is 1. The van der Waals surface area contributed by atoms with Crippen LogP contribution in [0.1, 0.15) is 26.3 Å². The van der Waals surface area contributed by atoms with Crippen molar-refractivity contribution in [3.63, 3.8) is 0 Å². The molecule has 3 N–H and O–H groups in total. The number of amidine groups is 1. The molecule has 0 spiro atoms. The molecule has 1 aliphatic heterocycles. The fourth-order valence-corrected chi connectivity index (χ4v) is 2.20. The topological polar surface area (TPSA) is 102 Å². The second kappa shape index (κ2) is 12.4. The van der Waals surface area contributed by atoms with Gasteiger partial charge in [0.25, 0.3) is 0 Å². The summed E-state index contributed by atoms with van der Waals surface area (Å²) in [5.41, 5.74) is 6.12. The van der Waals surface area contributed by atoms with Crippen molar-refractivity contribution in [3.8, 4) is 17.2 Å². The van der Waals surface area contributed by atoms with Gasteiger partial charge in [0.05, 0.1) is 19.1 Å². The van der Waals surface area contributed by atoms with Crippen LogP contribution < -0.4 is 15.2 Å². The van der Waals surface area contributed by atoms with Crippen molar-refractivity contribution >= 4 is 34.3 Å². The predicted molar refractivity (Wildman–Crippen MR) is 123 cm³/mol. The van der Waals surface area contributed by atoms with Crippen LogP contribution in [0.25, 0.3) is 0 Å². The first-order valence-corrected chi connectivity index (χ1v) is 9.69. The third-order valence-corrected chi connectivity index (χ3v) is 3.64. The maximum Gasteiger partial charge on any atom is 0.183 e. The maximum atomic E-state index is 13.9. The molecule has 0 atom stereocenters. The molecule has 2 rings (SSSR count). The van der Waals surface area contributed by atoms with E-state index in [0.717, 1.165) is 6.34 Å². The van der Waals surface area contributed by atoms with Crippen molar-refractivity contribution in [1.82, 2.24) is 0 Å².